The lowest BCUT2D eigenvalue weighted by Gasteiger charge is -2.11. The Labute approximate surface area is 174 Å². The number of carbonyl (C=O) groups excluding carboxylic acids is 1. The monoisotopic (exact) mass is 407 g/mol. The number of methoxy groups -OCH3 is 1. The van der Waals surface area contributed by atoms with Crippen LogP contribution in [0, 0.1) is 0 Å². The topological polar surface area (TPSA) is 102 Å². The Kier molecular flexibility index (Phi) is 5.76. The molecule has 156 valence electrons. The summed E-state index contributed by atoms with van der Waals surface area (Å²) in [6.07, 6.45) is 5.25. The molecule has 0 saturated heterocycles. The van der Waals surface area contributed by atoms with Gasteiger partial charge < -0.3 is 15.2 Å². The molecule has 30 heavy (non-hydrogen) atoms. The van der Waals surface area contributed by atoms with E-state index in [0.29, 0.717) is 23.6 Å². The maximum absolute atomic E-state index is 12.7. The van der Waals surface area contributed by atoms with Crippen molar-refractivity contribution in [3.8, 4) is 23.0 Å². The number of hydrogen-bond donors (Lipinski definition) is 2. The second-order valence-corrected chi connectivity index (χ2v) is 7.34. The zero-order chi connectivity index (χ0) is 21.1. The number of aliphatic hydroxyl groups excluding tert-OH is 1. The number of amides is 1. The summed E-state index contributed by atoms with van der Waals surface area (Å²) < 4.78 is 7.11. The van der Waals surface area contributed by atoms with Gasteiger partial charge in [0.15, 0.2) is 0 Å². The molecule has 0 aliphatic heterocycles. The van der Waals surface area contributed by atoms with E-state index in [9.17, 15) is 9.90 Å². The van der Waals surface area contributed by atoms with Gasteiger partial charge in [-0.15, -0.1) is 0 Å². The second-order valence-electron chi connectivity index (χ2n) is 7.34. The predicted octanol–water partition coefficient (Wildman–Crippen LogP) is 2.72. The Morgan fingerprint density at radius 3 is 2.87 bits per heavy atom. The molecule has 1 saturated carbocycles. The van der Waals surface area contributed by atoms with Gasteiger partial charge in [0, 0.05) is 24.2 Å². The summed E-state index contributed by atoms with van der Waals surface area (Å²) in [6, 6.07) is 9.48. The van der Waals surface area contributed by atoms with Crippen LogP contribution in [0.25, 0.3) is 17.2 Å². The normalized spacial score (nSPS) is 14.4. The highest BCUT2D eigenvalue weighted by Crippen LogP contribution is 2.42. The van der Waals surface area contributed by atoms with Crippen molar-refractivity contribution in [2.45, 2.75) is 38.2 Å². The minimum atomic E-state index is -0.561. The number of nitrogens with one attached hydrogen (secondary N) is 1. The number of aromatic nitrogens is 4. The summed E-state index contributed by atoms with van der Waals surface area (Å²) >= 11 is 0. The molecule has 2 aromatic heterocycles. The molecule has 1 aromatic carbocycles. The fourth-order valence-electron chi connectivity index (χ4n) is 3.35. The number of aliphatic hydroxyl groups is 1. The lowest BCUT2D eigenvalue weighted by molar-refractivity contribution is 0.0913. The maximum Gasteiger partial charge on any atom is 0.254 e. The third kappa shape index (κ3) is 4.04. The van der Waals surface area contributed by atoms with Gasteiger partial charge in [0.05, 0.1) is 36.4 Å². The van der Waals surface area contributed by atoms with Crippen LogP contribution in [0.2, 0.25) is 0 Å². The maximum atomic E-state index is 12.7. The van der Waals surface area contributed by atoms with Gasteiger partial charge >= 0.3 is 0 Å². The number of benzene rings is 1. The number of para-hydroxylation sites is 1. The molecule has 8 heteroatoms. The van der Waals surface area contributed by atoms with Gasteiger partial charge in [-0.1, -0.05) is 19.1 Å². The number of ether oxygens (including phenoxy) is 1. The Bertz CT molecular complexity index is 1040. The van der Waals surface area contributed by atoms with E-state index in [1.165, 1.54) is 0 Å². The molecule has 4 rings (SSSR count). The van der Waals surface area contributed by atoms with E-state index in [4.69, 9.17) is 9.72 Å². The quantitative estimate of drug-likeness (QED) is 0.595. The van der Waals surface area contributed by atoms with Gasteiger partial charge in [-0.3, -0.25) is 4.79 Å². The molecule has 1 atom stereocenters. The van der Waals surface area contributed by atoms with Crippen molar-refractivity contribution in [3.05, 3.63) is 54.0 Å². The first-order valence-electron chi connectivity index (χ1n) is 10.1. The van der Waals surface area contributed by atoms with Gasteiger partial charge in [0.2, 0.25) is 0 Å². The van der Waals surface area contributed by atoms with Crippen molar-refractivity contribution in [1.82, 2.24) is 25.1 Å². The highest BCUT2D eigenvalue weighted by molar-refractivity contribution is 5.95. The molecule has 2 N–H and O–H groups in total. The van der Waals surface area contributed by atoms with Crippen LogP contribution in [0.1, 0.15) is 48.2 Å². The first-order valence-corrected chi connectivity index (χ1v) is 10.1. The second kappa shape index (κ2) is 8.62. The Balaban J connectivity index is 1.68. The van der Waals surface area contributed by atoms with Gasteiger partial charge in [-0.25, -0.2) is 14.6 Å². The van der Waals surface area contributed by atoms with Crippen LogP contribution < -0.4 is 10.1 Å². The minimum Gasteiger partial charge on any atom is -0.496 e. The summed E-state index contributed by atoms with van der Waals surface area (Å²) in [4.78, 5) is 21.8. The largest absolute Gasteiger partial charge is 0.496 e. The average Bonchev–Trinajstić information content (AvgIpc) is 3.54. The fraction of sp³-hybridized carbons (Fsp3) is 0.364. The van der Waals surface area contributed by atoms with Crippen LogP contribution in [-0.2, 0) is 0 Å². The van der Waals surface area contributed by atoms with Crippen LogP contribution in [0.4, 0.5) is 0 Å². The number of hydrogen-bond acceptors (Lipinski definition) is 6. The highest BCUT2D eigenvalue weighted by Gasteiger charge is 2.33. The van der Waals surface area contributed by atoms with Crippen molar-refractivity contribution in [1.29, 1.82) is 0 Å². The van der Waals surface area contributed by atoms with Gasteiger partial charge in [-0.2, -0.15) is 5.10 Å². The van der Waals surface area contributed by atoms with Crippen LogP contribution in [0.15, 0.2) is 42.7 Å². The molecule has 1 aliphatic carbocycles. The molecule has 0 radical (unpaired) electrons. The molecule has 2 heterocycles. The van der Waals surface area contributed by atoms with Crippen molar-refractivity contribution in [2.24, 2.45) is 0 Å². The Morgan fingerprint density at radius 1 is 1.33 bits per heavy atom. The summed E-state index contributed by atoms with van der Waals surface area (Å²) in [6.45, 7) is 2.08. The van der Waals surface area contributed by atoms with E-state index in [2.05, 4.69) is 15.4 Å². The standard InChI is InChI=1S/C22H25N5O3/c1-3-15(28)12-24-21(29)17-13-25-27(20(17)14-8-9-14)22-23-11-10-18(26-22)16-6-4-5-7-19(16)30-2/h4-7,10-11,13-15,28H,3,8-9,12H2,1-2H3,(H,24,29)/t15-/m1/s1. The van der Waals surface area contributed by atoms with Crippen LogP contribution in [-0.4, -0.2) is 50.5 Å². The van der Waals surface area contributed by atoms with Crippen molar-refractivity contribution < 1.29 is 14.6 Å². The van der Waals surface area contributed by atoms with E-state index < -0.39 is 6.10 Å². The lowest BCUT2D eigenvalue weighted by Crippen LogP contribution is -2.32. The molecular weight excluding hydrogens is 382 g/mol. The molecule has 0 spiro atoms. The Hall–Kier alpha value is -3.26. The van der Waals surface area contributed by atoms with E-state index in [-0.39, 0.29) is 18.4 Å². The minimum absolute atomic E-state index is 0.213. The first-order chi connectivity index (χ1) is 14.6. The summed E-state index contributed by atoms with van der Waals surface area (Å²) in [5.41, 5.74) is 2.89. The van der Waals surface area contributed by atoms with E-state index in [1.54, 1.807) is 24.2 Å². The zero-order valence-electron chi connectivity index (χ0n) is 17.1. The number of rotatable bonds is 8. The van der Waals surface area contributed by atoms with Gasteiger partial charge in [0.25, 0.3) is 11.9 Å². The first kappa shape index (κ1) is 20.0. The third-order valence-corrected chi connectivity index (χ3v) is 5.20. The van der Waals surface area contributed by atoms with Crippen LogP contribution in [0.3, 0.4) is 0 Å². The van der Waals surface area contributed by atoms with Crippen molar-refractivity contribution in [2.75, 3.05) is 13.7 Å². The van der Waals surface area contributed by atoms with E-state index in [1.807, 2.05) is 37.3 Å². The van der Waals surface area contributed by atoms with E-state index >= 15 is 0 Å². The van der Waals surface area contributed by atoms with Gasteiger partial charge in [0.1, 0.15) is 5.75 Å². The predicted molar refractivity (Wildman–Crippen MR) is 112 cm³/mol. The average molecular weight is 407 g/mol. The lowest BCUT2D eigenvalue weighted by atomic mass is 10.1. The molecule has 8 nitrogen and oxygen atoms in total. The fourth-order valence-corrected chi connectivity index (χ4v) is 3.35. The smallest absolute Gasteiger partial charge is 0.254 e. The van der Waals surface area contributed by atoms with Crippen LogP contribution >= 0.6 is 0 Å². The van der Waals surface area contributed by atoms with Crippen LogP contribution in [0.5, 0.6) is 5.75 Å². The van der Waals surface area contributed by atoms with E-state index in [0.717, 1.165) is 29.8 Å². The summed E-state index contributed by atoms with van der Waals surface area (Å²) in [7, 11) is 1.63. The summed E-state index contributed by atoms with van der Waals surface area (Å²) in [5.74, 6) is 1.15. The number of carbonyl (C=O) groups is 1. The number of nitrogens with zero attached hydrogens (tertiary/aromatic N) is 4. The van der Waals surface area contributed by atoms with Gasteiger partial charge in [-0.05, 0) is 37.5 Å². The SMILES string of the molecule is CC[C@@H](O)CNC(=O)c1cnn(-c2nccc(-c3ccccc3OC)n2)c1C1CC1. The zero-order valence-corrected chi connectivity index (χ0v) is 17.1. The summed E-state index contributed by atoms with van der Waals surface area (Å²) in [5, 5.41) is 17.0. The molecular formula is C22H25N5O3. The molecule has 0 unspecified atom stereocenters. The third-order valence-electron chi connectivity index (χ3n) is 5.20. The highest BCUT2D eigenvalue weighted by atomic mass is 16.5. The molecule has 1 aliphatic rings. The molecule has 1 fully saturated rings. The van der Waals surface area contributed by atoms with Crippen molar-refractivity contribution in [3.63, 3.8) is 0 Å². The molecule has 0 bridgehead atoms. The Morgan fingerprint density at radius 2 is 2.13 bits per heavy atom. The molecule has 3 aromatic rings. The van der Waals surface area contributed by atoms with Crippen molar-refractivity contribution >= 4 is 5.91 Å². The molecule has 1 amide bonds.